The summed E-state index contributed by atoms with van der Waals surface area (Å²) in [6, 6.07) is 10.3. The third-order valence-electron chi connectivity index (χ3n) is 3.32. The Hall–Kier alpha value is -1.67. The SMILES string of the molecule is CCOCCOCCNS(=O)(=O)c1cccc2c(N)cccc12. The minimum atomic E-state index is -3.62. The van der Waals surface area contributed by atoms with Gasteiger partial charge in [0.2, 0.25) is 10.0 Å². The molecule has 0 spiro atoms. The van der Waals surface area contributed by atoms with Gasteiger partial charge in [0.1, 0.15) is 0 Å². The molecule has 7 heteroatoms. The molecule has 2 rings (SSSR count). The molecule has 0 aliphatic heterocycles. The molecule has 2 aromatic carbocycles. The Balaban J connectivity index is 2.02. The van der Waals surface area contributed by atoms with Gasteiger partial charge in [-0.1, -0.05) is 24.3 Å². The van der Waals surface area contributed by atoms with E-state index in [1.807, 2.05) is 6.92 Å². The number of fused-ring (bicyclic) bond motifs is 1. The van der Waals surface area contributed by atoms with Gasteiger partial charge in [0.25, 0.3) is 0 Å². The van der Waals surface area contributed by atoms with Crippen LogP contribution in [0.2, 0.25) is 0 Å². The molecule has 0 radical (unpaired) electrons. The molecule has 0 aliphatic rings. The van der Waals surface area contributed by atoms with Crippen molar-refractivity contribution in [3.63, 3.8) is 0 Å². The summed E-state index contributed by atoms with van der Waals surface area (Å²) in [4.78, 5) is 0.219. The van der Waals surface area contributed by atoms with Crippen LogP contribution in [0, 0.1) is 0 Å². The quantitative estimate of drug-likeness (QED) is 0.537. The van der Waals surface area contributed by atoms with Crippen molar-refractivity contribution in [2.24, 2.45) is 0 Å². The number of nitrogen functional groups attached to an aromatic ring is 1. The first-order chi connectivity index (χ1) is 11.1. The van der Waals surface area contributed by atoms with Crippen LogP contribution in [0.1, 0.15) is 6.92 Å². The lowest BCUT2D eigenvalue weighted by atomic mass is 10.1. The summed E-state index contributed by atoms with van der Waals surface area (Å²) >= 11 is 0. The van der Waals surface area contributed by atoms with Gasteiger partial charge >= 0.3 is 0 Å². The van der Waals surface area contributed by atoms with E-state index >= 15 is 0 Å². The van der Waals surface area contributed by atoms with E-state index in [4.69, 9.17) is 15.2 Å². The average molecular weight is 338 g/mol. The molecule has 0 aliphatic carbocycles. The zero-order valence-electron chi connectivity index (χ0n) is 13.1. The standard InChI is InChI=1S/C16H22N2O4S/c1-2-21-11-12-22-10-9-18-23(19,20)16-8-4-5-13-14(16)6-3-7-15(13)17/h3-8,18H,2,9-12,17H2,1H3. The summed E-state index contributed by atoms with van der Waals surface area (Å²) in [6.07, 6.45) is 0. The number of nitrogens with one attached hydrogen (secondary N) is 1. The molecule has 0 unspecified atom stereocenters. The zero-order chi connectivity index (χ0) is 16.7. The first-order valence-corrected chi connectivity index (χ1v) is 8.97. The van der Waals surface area contributed by atoms with Crippen molar-refractivity contribution in [3.8, 4) is 0 Å². The highest BCUT2D eigenvalue weighted by Crippen LogP contribution is 2.26. The molecule has 0 saturated carbocycles. The van der Waals surface area contributed by atoms with Gasteiger partial charge in [-0.2, -0.15) is 0 Å². The van der Waals surface area contributed by atoms with E-state index in [-0.39, 0.29) is 11.4 Å². The van der Waals surface area contributed by atoms with Gasteiger partial charge in [-0.05, 0) is 19.1 Å². The molecule has 0 atom stereocenters. The van der Waals surface area contributed by atoms with Gasteiger partial charge in [-0.15, -0.1) is 0 Å². The summed E-state index contributed by atoms with van der Waals surface area (Å²) in [6.45, 7) is 3.99. The van der Waals surface area contributed by atoms with Crippen LogP contribution in [-0.2, 0) is 19.5 Å². The monoisotopic (exact) mass is 338 g/mol. The molecular formula is C16H22N2O4S. The van der Waals surface area contributed by atoms with Crippen LogP contribution in [-0.4, -0.2) is 41.4 Å². The number of hydrogen-bond acceptors (Lipinski definition) is 5. The summed E-state index contributed by atoms with van der Waals surface area (Å²) in [7, 11) is -3.62. The first kappa shape index (κ1) is 17.7. The van der Waals surface area contributed by atoms with Crippen LogP contribution in [0.3, 0.4) is 0 Å². The van der Waals surface area contributed by atoms with Crippen molar-refractivity contribution in [1.82, 2.24) is 4.72 Å². The molecule has 23 heavy (non-hydrogen) atoms. The fraction of sp³-hybridized carbons (Fsp3) is 0.375. The minimum absolute atomic E-state index is 0.202. The number of nitrogens with two attached hydrogens (primary N) is 1. The number of sulfonamides is 1. The molecular weight excluding hydrogens is 316 g/mol. The van der Waals surface area contributed by atoms with Gasteiger partial charge in [0, 0.05) is 29.6 Å². The van der Waals surface area contributed by atoms with E-state index in [9.17, 15) is 8.42 Å². The maximum absolute atomic E-state index is 12.5. The van der Waals surface area contributed by atoms with Gasteiger partial charge in [0.15, 0.2) is 0 Å². The Labute approximate surface area is 136 Å². The van der Waals surface area contributed by atoms with E-state index < -0.39 is 10.0 Å². The molecule has 0 heterocycles. The molecule has 0 fully saturated rings. The maximum atomic E-state index is 12.5. The molecule has 3 N–H and O–H groups in total. The summed E-state index contributed by atoms with van der Waals surface area (Å²) in [5, 5.41) is 1.33. The number of anilines is 1. The van der Waals surface area contributed by atoms with E-state index in [2.05, 4.69) is 4.72 Å². The third kappa shape index (κ3) is 4.65. The molecule has 2 aromatic rings. The lowest BCUT2D eigenvalue weighted by molar-refractivity contribution is 0.0552. The van der Waals surface area contributed by atoms with Crippen molar-refractivity contribution in [3.05, 3.63) is 36.4 Å². The highest BCUT2D eigenvalue weighted by Gasteiger charge is 2.17. The largest absolute Gasteiger partial charge is 0.398 e. The second-order valence-electron chi connectivity index (χ2n) is 4.91. The fourth-order valence-corrected chi connectivity index (χ4v) is 3.46. The Kier molecular flexibility index (Phi) is 6.35. The Morgan fingerprint density at radius 2 is 1.70 bits per heavy atom. The second-order valence-corrected chi connectivity index (χ2v) is 6.64. The molecule has 0 aromatic heterocycles. The molecule has 6 nitrogen and oxygen atoms in total. The van der Waals surface area contributed by atoms with E-state index in [0.717, 1.165) is 5.39 Å². The van der Waals surface area contributed by atoms with Crippen molar-refractivity contribution >= 4 is 26.5 Å². The normalized spacial score (nSPS) is 11.9. The summed E-state index contributed by atoms with van der Waals surface area (Å²) in [5.41, 5.74) is 6.46. The van der Waals surface area contributed by atoms with Crippen molar-refractivity contribution in [1.29, 1.82) is 0 Å². The van der Waals surface area contributed by atoms with Gasteiger partial charge in [0.05, 0.1) is 24.7 Å². The van der Waals surface area contributed by atoms with E-state index in [1.165, 1.54) is 0 Å². The highest BCUT2D eigenvalue weighted by atomic mass is 32.2. The second kappa shape index (κ2) is 8.26. The third-order valence-corrected chi connectivity index (χ3v) is 4.84. The molecule has 126 valence electrons. The average Bonchev–Trinajstić information content (AvgIpc) is 2.54. The first-order valence-electron chi connectivity index (χ1n) is 7.48. The zero-order valence-corrected chi connectivity index (χ0v) is 13.9. The lowest BCUT2D eigenvalue weighted by Crippen LogP contribution is -2.28. The highest BCUT2D eigenvalue weighted by molar-refractivity contribution is 7.89. The summed E-state index contributed by atoms with van der Waals surface area (Å²) in [5.74, 6) is 0. The van der Waals surface area contributed by atoms with Gasteiger partial charge in [-0.3, -0.25) is 0 Å². The lowest BCUT2D eigenvalue weighted by Gasteiger charge is -2.11. The van der Waals surface area contributed by atoms with E-state index in [1.54, 1.807) is 36.4 Å². The van der Waals surface area contributed by atoms with Gasteiger partial charge in [-0.25, -0.2) is 13.1 Å². The minimum Gasteiger partial charge on any atom is -0.398 e. The smallest absolute Gasteiger partial charge is 0.241 e. The van der Waals surface area contributed by atoms with Crippen LogP contribution < -0.4 is 10.5 Å². The maximum Gasteiger partial charge on any atom is 0.241 e. The van der Waals surface area contributed by atoms with Crippen LogP contribution in [0.5, 0.6) is 0 Å². The van der Waals surface area contributed by atoms with Crippen molar-refractivity contribution in [2.45, 2.75) is 11.8 Å². The van der Waals surface area contributed by atoms with Crippen molar-refractivity contribution < 1.29 is 17.9 Å². The number of rotatable bonds is 9. The van der Waals surface area contributed by atoms with Crippen LogP contribution >= 0.6 is 0 Å². The molecule has 0 bridgehead atoms. The van der Waals surface area contributed by atoms with Crippen molar-refractivity contribution in [2.75, 3.05) is 38.7 Å². The van der Waals surface area contributed by atoms with Crippen LogP contribution in [0.15, 0.2) is 41.3 Å². The predicted molar refractivity (Wildman–Crippen MR) is 90.9 cm³/mol. The van der Waals surface area contributed by atoms with Crippen LogP contribution in [0.4, 0.5) is 5.69 Å². The Morgan fingerprint density at radius 3 is 2.48 bits per heavy atom. The number of hydrogen-bond donors (Lipinski definition) is 2. The van der Waals surface area contributed by atoms with Gasteiger partial charge < -0.3 is 15.2 Å². The Morgan fingerprint density at radius 1 is 1.00 bits per heavy atom. The molecule has 0 amide bonds. The van der Waals surface area contributed by atoms with E-state index in [0.29, 0.717) is 37.5 Å². The Bertz CT molecular complexity index is 747. The number of ether oxygens (including phenoxy) is 2. The van der Waals surface area contributed by atoms with Crippen LogP contribution in [0.25, 0.3) is 10.8 Å². The topological polar surface area (TPSA) is 90.6 Å². The fourth-order valence-electron chi connectivity index (χ4n) is 2.23. The predicted octanol–water partition coefficient (Wildman–Crippen LogP) is 1.75. The molecule has 0 saturated heterocycles. The summed E-state index contributed by atoms with van der Waals surface area (Å²) < 4.78 is 37.9. The number of benzene rings is 2.